The van der Waals surface area contributed by atoms with Crippen molar-refractivity contribution in [2.24, 2.45) is 0 Å². The van der Waals surface area contributed by atoms with Crippen LogP contribution in [0, 0.1) is 6.92 Å². The number of hydrogen-bond acceptors (Lipinski definition) is 8. The fourth-order valence-electron chi connectivity index (χ4n) is 1.40. The molecule has 0 aliphatic rings. The lowest BCUT2D eigenvalue weighted by Gasteiger charge is -2.04. The van der Waals surface area contributed by atoms with Crippen molar-refractivity contribution in [3.8, 4) is 0 Å². The molecular weight excluding hydrogens is 272 g/mol. The molecule has 0 aliphatic carbocycles. The molecule has 0 saturated carbocycles. The molecule has 2 aromatic heterocycles. The summed E-state index contributed by atoms with van der Waals surface area (Å²) in [7, 11) is 0. The third-order valence-electron chi connectivity index (χ3n) is 2.20. The summed E-state index contributed by atoms with van der Waals surface area (Å²) >= 11 is 1.06. The summed E-state index contributed by atoms with van der Waals surface area (Å²) in [4.78, 5) is 14.6. The summed E-state index contributed by atoms with van der Waals surface area (Å²) in [5, 5.41) is 20.4. The van der Waals surface area contributed by atoms with Gasteiger partial charge in [-0.05, 0) is 0 Å². The largest absolute Gasteiger partial charge is 0.481 e. The highest BCUT2D eigenvalue weighted by molar-refractivity contribution is 7.99. The first-order valence-electron chi connectivity index (χ1n) is 5.38. The molecule has 0 spiro atoms. The van der Waals surface area contributed by atoms with E-state index < -0.39 is 5.97 Å². The summed E-state index contributed by atoms with van der Waals surface area (Å²) in [6.45, 7) is 2.16. The van der Waals surface area contributed by atoms with Gasteiger partial charge in [0, 0.05) is 19.9 Å². The molecule has 0 unspecified atom stereocenters. The van der Waals surface area contributed by atoms with E-state index in [-0.39, 0.29) is 11.7 Å². The Hall–Kier alpha value is -2.10. The zero-order valence-electron chi connectivity index (χ0n) is 10.1. The zero-order valence-corrected chi connectivity index (χ0v) is 10.9. The Labute approximate surface area is 112 Å². The third kappa shape index (κ3) is 3.44. The number of carboxylic acid groups (broad SMARTS) is 1. The minimum absolute atomic E-state index is 0.0978. The molecule has 0 amide bonds. The molecule has 3 N–H and O–H groups in total. The van der Waals surface area contributed by atoms with Crippen LogP contribution in [-0.2, 0) is 17.8 Å². The van der Waals surface area contributed by atoms with Crippen LogP contribution in [0.15, 0.2) is 9.68 Å². The highest BCUT2D eigenvalue weighted by Gasteiger charge is 2.13. The van der Waals surface area contributed by atoms with Crippen LogP contribution in [-0.4, -0.2) is 41.7 Å². The van der Waals surface area contributed by atoms with E-state index in [0.717, 1.165) is 11.8 Å². The Balaban J connectivity index is 2.02. The minimum Gasteiger partial charge on any atom is -0.481 e. The highest BCUT2D eigenvalue weighted by Crippen LogP contribution is 2.18. The van der Waals surface area contributed by atoms with Crippen LogP contribution in [0.5, 0.6) is 0 Å². The monoisotopic (exact) mass is 284 g/mol. The Morgan fingerprint density at radius 3 is 2.95 bits per heavy atom. The van der Waals surface area contributed by atoms with Crippen LogP contribution < -0.4 is 5.73 Å². The molecule has 10 heteroatoms. The standard InChI is InChI=1S/C9H12N6O3S/c1-5-11-6(14-18-5)2-3-15-8(10)12-13-9(15)19-4-7(16)17/h2-4H2,1H3,(H2,10,12)(H,16,17). The number of thioether (sulfide) groups is 1. The Kier molecular flexibility index (Phi) is 4.00. The first-order valence-corrected chi connectivity index (χ1v) is 6.37. The van der Waals surface area contributed by atoms with Gasteiger partial charge in [-0.25, -0.2) is 0 Å². The minimum atomic E-state index is -0.924. The van der Waals surface area contributed by atoms with E-state index in [2.05, 4.69) is 20.3 Å². The van der Waals surface area contributed by atoms with E-state index in [0.29, 0.717) is 29.8 Å². The maximum absolute atomic E-state index is 10.5. The number of rotatable bonds is 6. The Morgan fingerprint density at radius 2 is 2.32 bits per heavy atom. The second-order valence-corrected chi connectivity index (χ2v) is 4.60. The van der Waals surface area contributed by atoms with Gasteiger partial charge in [0.2, 0.25) is 11.8 Å². The van der Waals surface area contributed by atoms with Crippen LogP contribution in [0.2, 0.25) is 0 Å². The number of nitrogen functional groups attached to an aromatic ring is 1. The van der Waals surface area contributed by atoms with Crippen molar-refractivity contribution in [1.82, 2.24) is 24.9 Å². The van der Waals surface area contributed by atoms with Crippen LogP contribution in [0.4, 0.5) is 5.95 Å². The number of aromatic nitrogens is 5. The van der Waals surface area contributed by atoms with Crippen LogP contribution in [0.3, 0.4) is 0 Å². The summed E-state index contributed by atoms with van der Waals surface area (Å²) in [6, 6.07) is 0. The molecule has 0 aliphatic heterocycles. The summed E-state index contributed by atoms with van der Waals surface area (Å²) in [6.07, 6.45) is 0.500. The van der Waals surface area contributed by atoms with Gasteiger partial charge in [0.1, 0.15) is 0 Å². The first-order chi connectivity index (χ1) is 9.06. The van der Waals surface area contributed by atoms with E-state index in [9.17, 15) is 4.79 Å². The topological polar surface area (TPSA) is 133 Å². The fraction of sp³-hybridized carbons (Fsp3) is 0.444. The van der Waals surface area contributed by atoms with Gasteiger partial charge in [0.25, 0.3) is 0 Å². The maximum Gasteiger partial charge on any atom is 0.313 e. The molecule has 0 atom stereocenters. The van der Waals surface area contributed by atoms with E-state index >= 15 is 0 Å². The lowest BCUT2D eigenvalue weighted by Crippen LogP contribution is -2.09. The number of carboxylic acids is 1. The smallest absolute Gasteiger partial charge is 0.313 e. The number of aliphatic carboxylic acids is 1. The van der Waals surface area contributed by atoms with Gasteiger partial charge in [-0.15, -0.1) is 10.2 Å². The summed E-state index contributed by atoms with van der Waals surface area (Å²) < 4.78 is 6.48. The molecule has 0 radical (unpaired) electrons. The van der Waals surface area contributed by atoms with Gasteiger partial charge in [-0.2, -0.15) is 4.98 Å². The van der Waals surface area contributed by atoms with Crippen molar-refractivity contribution in [3.05, 3.63) is 11.7 Å². The van der Waals surface area contributed by atoms with Crippen LogP contribution in [0.25, 0.3) is 0 Å². The lowest BCUT2D eigenvalue weighted by atomic mass is 10.4. The van der Waals surface area contributed by atoms with Gasteiger partial charge >= 0.3 is 5.97 Å². The number of aryl methyl sites for hydroxylation is 2. The number of nitrogens with zero attached hydrogens (tertiary/aromatic N) is 5. The maximum atomic E-state index is 10.5. The second kappa shape index (κ2) is 5.69. The molecule has 102 valence electrons. The van der Waals surface area contributed by atoms with Crippen molar-refractivity contribution >= 4 is 23.7 Å². The Bertz CT molecular complexity index is 580. The van der Waals surface area contributed by atoms with Crippen molar-refractivity contribution in [3.63, 3.8) is 0 Å². The second-order valence-electron chi connectivity index (χ2n) is 3.65. The summed E-state index contributed by atoms with van der Waals surface area (Å²) in [5.41, 5.74) is 5.68. The molecule has 0 saturated heterocycles. The predicted octanol–water partition coefficient (Wildman–Crippen LogP) is -0.0289. The van der Waals surface area contributed by atoms with Crippen molar-refractivity contribution in [2.45, 2.75) is 25.0 Å². The average molecular weight is 284 g/mol. The normalized spacial score (nSPS) is 10.8. The predicted molar refractivity (Wildman–Crippen MR) is 65.5 cm³/mol. The zero-order chi connectivity index (χ0) is 13.8. The fourth-order valence-corrected chi connectivity index (χ4v) is 2.09. The molecule has 2 rings (SSSR count). The van der Waals surface area contributed by atoms with Crippen LogP contribution in [0.1, 0.15) is 11.7 Å². The molecular formula is C9H12N6O3S. The van der Waals surface area contributed by atoms with Gasteiger partial charge in [0.05, 0.1) is 5.75 Å². The molecule has 0 aromatic carbocycles. The van der Waals surface area contributed by atoms with Crippen molar-refractivity contribution in [1.29, 1.82) is 0 Å². The highest BCUT2D eigenvalue weighted by atomic mass is 32.2. The number of hydrogen-bond donors (Lipinski definition) is 2. The number of nitrogens with two attached hydrogens (primary N) is 1. The summed E-state index contributed by atoms with van der Waals surface area (Å²) in [5.74, 6) is 0.256. The van der Waals surface area contributed by atoms with Crippen molar-refractivity contribution < 1.29 is 14.4 Å². The van der Waals surface area contributed by atoms with E-state index in [1.54, 1.807) is 11.5 Å². The van der Waals surface area contributed by atoms with Gasteiger partial charge in [0.15, 0.2) is 11.0 Å². The van der Waals surface area contributed by atoms with Gasteiger partial charge in [-0.3, -0.25) is 9.36 Å². The average Bonchev–Trinajstić information content (AvgIpc) is 2.91. The number of carbonyl (C=O) groups is 1. The van der Waals surface area contributed by atoms with Crippen LogP contribution >= 0.6 is 11.8 Å². The molecule has 9 nitrogen and oxygen atoms in total. The van der Waals surface area contributed by atoms with E-state index in [1.807, 2.05) is 0 Å². The molecule has 0 bridgehead atoms. The molecule has 19 heavy (non-hydrogen) atoms. The number of anilines is 1. The Morgan fingerprint density at radius 1 is 1.53 bits per heavy atom. The molecule has 2 aromatic rings. The quantitative estimate of drug-likeness (QED) is 0.701. The first kappa shape index (κ1) is 13.3. The SMILES string of the molecule is Cc1nc(CCn2c(N)nnc2SCC(=O)O)no1. The van der Waals surface area contributed by atoms with E-state index in [4.69, 9.17) is 15.4 Å². The molecule has 2 heterocycles. The lowest BCUT2D eigenvalue weighted by molar-refractivity contribution is -0.133. The third-order valence-corrected chi connectivity index (χ3v) is 3.15. The van der Waals surface area contributed by atoms with Gasteiger partial charge < -0.3 is 15.4 Å². The van der Waals surface area contributed by atoms with E-state index in [1.165, 1.54) is 0 Å². The molecule has 0 fully saturated rings. The van der Waals surface area contributed by atoms with Crippen molar-refractivity contribution in [2.75, 3.05) is 11.5 Å². The van der Waals surface area contributed by atoms with Gasteiger partial charge in [-0.1, -0.05) is 16.9 Å².